The molecule has 0 fully saturated rings. The lowest BCUT2D eigenvalue weighted by Gasteiger charge is -1.93. The number of carbonyl (C=O) groups excluding carboxylic acids is 1. The maximum absolute atomic E-state index is 11.6. The molecule has 0 radical (unpaired) electrons. The van der Waals surface area contributed by atoms with Gasteiger partial charge >= 0.3 is 0 Å². The summed E-state index contributed by atoms with van der Waals surface area (Å²) in [5.41, 5.74) is 6.11. The summed E-state index contributed by atoms with van der Waals surface area (Å²) in [4.78, 5) is 11.6. The van der Waals surface area contributed by atoms with Crippen LogP contribution >= 0.6 is 0 Å². The van der Waals surface area contributed by atoms with Crippen LogP contribution in [0.2, 0.25) is 0 Å². The fourth-order valence-electron chi connectivity index (χ4n) is 1.51. The Labute approximate surface area is 87.9 Å². The molecule has 1 heterocycles. The van der Waals surface area contributed by atoms with Crippen molar-refractivity contribution in [1.29, 1.82) is 0 Å². The molecule has 0 aliphatic carbocycles. The highest BCUT2D eigenvalue weighted by Crippen LogP contribution is 2.19. The lowest BCUT2D eigenvalue weighted by atomic mass is 10.1. The van der Waals surface area contributed by atoms with Gasteiger partial charge in [-0.05, 0) is 25.1 Å². The van der Waals surface area contributed by atoms with E-state index in [1.54, 1.807) is 6.07 Å². The molecule has 0 aliphatic rings. The molecule has 0 atom stereocenters. The normalized spacial score (nSPS) is 10.7. The number of carbonyl (C=O) groups is 1. The van der Waals surface area contributed by atoms with Gasteiger partial charge in [-0.15, -0.1) is 0 Å². The van der Waals surface area contributed by atoms with Crippen LogP contribution in [0, 0.1) is 0 Å². The Kier molecular flexibility index (Phi) is 2.83. The highest BCUT2D eigenvalue weighted by atomic mass is 16.3. The summed E-state index contributed by atoms with van der Waals surface area (Å²) in [6.07, 6.45) is 1.16. The van der Waals surface area contributed by atoms with Crippen molar-refractivity contribution in [1.82, 2.24) is 0 Å². The van der Waals surface area contributed by atoms with Crippen molar-refractivity contribution in [2.24, 2.45) is 5.73 Å². The molecule has 0 saturated carbocycles. The minimum Gasteiger partial charge on any atom is -0.453 e. The van der Waals surface area contributed by atoms with Gasteiger partial charge in [0.05, 0.1) is 0 Å². The Morgan fingerprint density at radius 1 is 1.33 bits per heavy atom. The first kappa shape index (κ1) is 9.93. The van der Waals surface area contributed by atoms with Crippen LogP contribution in [0.5, 0.6) is 0 Å². The average molecular weight is 203 g/mol. The summed E-state index contributed by atoms with van der Waals surface area (Å²) in [5, 5.41) is 0.966. The first-order chi connectivity index (χ1) is 7.31. The molecule has 0 spiro atoms. The molecule has 3 nitrogen and oxygen atoms in total. The number of nitrogens with two attached hydrogens (primary N) is 1. The molecule has 3 heteroatoms. The third-order valence-corrected chi connectivity index (χ3v) is 2.31. The highest BCUT2D eigenvalue weighted by Gasteiger charge is 2.10. The van der Waals surface area contributed by atoms with E-state index in [0.717, 1.165) is 11.0 Å². The van der Waals surface area contributed by atoms with Gasteiger partial charge in [0.15, 0.2) is 11.5 Å². The van der Waals surface area contributed by atoms with Gasteiger partial charge in [-0.1, -0.05) is 18.2 Å². The van der Waals surface area contributed by atoms with Crippen LogP contribution in [0.15, 0.2) is 34.7 Å². The summed E-state index contributed by atoms with van der Waals surface area (Å²) in [6, 6.07) is 9.38. The molecule has 0 unspecified atom stereocenters. The second-order valence-corrected chi connectivity index (χ2v) is 3.46. The molecule has 0 bridgehead atoms. The maximum atomic E-state index is 11.6. The van der Waals surface area contributed by atoms with Crippen molar-refractivity contribution in [2.75, 3.05) is 6.54 Å². The Balaban J connectivity index is 2.25. The number of furan rings is 1. The van der Waals surface area contributed by atoms with E-state index in [4.69, 9.17) is 10.2 Å². The molecule has 0 saturated heterocycles. The predicted octanol–water partition coefficient (Wildman–Crippen LogP) is 2.35. The Bertz CT molecular complexity index is 440. The molecule has 0 aliphatic heterocycles. The molecule has 15 heavy (non-hydrogen) atoms. The number of hydrogen-bond acceptors (Lipinski definition) is 3. The fraction of sp³-hybridized carbons (Fsp3) is 0.250. The molecule has 2 N–H and O–H groups in total. The van der Waals surface area contributed by atoms with Gasteiger partial charge in [0.25, 0.3) is 0 Å². The van der Waals surface area contributed by atoms with Gasteiger partial charge in [0, 0.05) is 11.8 Å². The topological polar surface area (TPSA) is 56.2 Å². The Hall–Kier alpha value is -1.61. The predicted molar refractivity (Wildman–Crippen MR) is 58.8 cm³/mol. The molecular formula is C12H13NO2. The maximum Gasteiger partial charge on any atom is 0.198 e. The summed E-state index contributed by atoms with van der Waals surface area (Å²) in [6.45, 7) is 0.534. The summed E-state index contributed by atoms with van der Waals surface area (Å²) in [5.74, 6) is 0.460. The van der Waals surface area contributed by atoms with Gasteiger partial charge < -0.3 is 10.2 Å². The molecular weight excluding hydrogens is 190 g/mol. The molecule has 1 aromatic carbocycles. The fourth-order valence-corrected chi connectivity index (χ4v) is 1.51. The third-order valence-electron chi connectivity index (χ3n) is 2.31. The SMILES string of the molecule is NCCCC(=O)c1cc2ccccc2o1. The third kappa shape index (κ3) is 2.07. The van der Waals surface area contributed by atoms with Crippen molar-refractivity contribution in [3.8, 4) is 0 Å². The monoisotopic (exact) mass is 203 g/mol. The summed E-state index contributed by atoms with van der Waals surface area (Å²) in [7, 11) is 0. The average Bonchev–Trinajstić information content (AvgIpc) is 2.69. The molecule has 1 aromatic heterocycles. The zero-order chi connectivity index (χ0) is 10.7. The van der Waals surface area contributed by atoms with E-state index < -0.39 is 0 Å². The second kappa shape index (κ2) is 4.28. The van der Waals surface area contributed by atoms with Crippen LogP contribution in [-0.2, 0) is 0 Å². The molecule has 0 amide bonds. The van der Waals surface area contributed by atoms with Crippen LogP contribution in [0.1, 0.15) is 23.4 Å². The number of ketones is 1. The largest absolute Gasteiger partial charge is 0.453 e. The number of hydrogen-bond donors (Lipinski definition) is 1. The van der Waals surface area contributed by atoms with Crippen molar-refractivity contribution < 1.29 is 9.21 Å². The van der Waals surface area contributed by atoms with Crippen molar-refractivity contribution in [3.63, 3.8) is 0 Å². The number of rotatable bonds is 4. The number of Topliss-reactive ketones (excluding diaryl/α,β-unsaturated/α-hetero) is 1. The first-order valence-electron chi connectivity index (χ1n) is 5.03. The zero-order valence-corrected chi connectivity index (χ0v) is 8.40. The summed E-state index contributed by atoms with van der Waals surface area (Å²) < 4.78 is 5.44. The number of para-hydroxylation sites is 1. The Morgan fingerprint density at radius 2 is 2.13 bits per heavy atom. The quantitative estimate of drug-likeness (QED) is 0.776. The van der Waals surface area contributed by atoms with E-state index in [9.17, 15) is 4.79 Å². The van der Waals surface area contributed by atoms with Gasteiger partial charge in [-0.2, -0.15) is 0 Å². The highest BCUT2D eigenvalue weighted by molar-refractivity contribution is 5.97. The number of fused-ring (bicyclic) bond motifs is 1. The smallest absolute Gasteiger partial charge is 0.198 e. The van der Waals surface area contributed by atoms with Gasteiger partial charge in [-0.25, -0.2) is 0 Å². The molecule has 78 valence electrons. The van der Waals surface area contributed by atoms with Gasteiger partial charge in [-0.3, -0.25) is 4.79 Å². The van der Waals surface area contributed by atoms with E-state index in [-0.39, 0.29) is 5.78 Å². The standard InChI is InChI=1S/C12H13NO2/c13-7-3-5-10(14)12-8-9-4-1-2-6-11(9)15-12/h1-2,4,6,8H,3,5,7,13H2. The van der Waals surface area contributed by atoms with Crippen LogP contribution in [0.4, 0.5) is 0 Å². The van der Waals surface area contributed by atoms with E-state index in [2.05, 4.69) is 0 Å². The van der Waals surface area contributed by atoms with E-state index in [1.807, 2.05) is 24.3 Å². The van der Waals surface area contributed by atoms with Gasteiger partial charge in [0.2, 0.25) is 0 Å². The van der Waals surface area contributed by atoms with E-state index in [1.165, 1.54) is 0 Å². The molecule has 2 rings (SSSR count). The van der Waals surface area contributed by atoms with E-state index >= 15 is 0 Å². The van der Waals surface area contributed by atoms with Crippen LogP contribution in [0.3, 0.4) is 0 Å². The number of benzene rings is 1. The van der Waals surface area contributed by atoms with Crippen molar-refractivity contribution in [3.05, 3.63) is 36.1 Å². The second-order valence-electron chi connectivity index (χ2n) is 3.46. The van der Waals surface area contributed by atoms with Crippen molar-refractivity contribution >= 4 is 16.8 Å². The van der Waals surface area contributed by atoms with Crippen LogP contribution < -0.4 is 5.73 Å². The summed E-state index contributed by atoms with van der Waals surface area (Å²) >= 11 is 0. The van der Waals surface area contributed by atoms with Crippen molar-refractivity contribution in [2.45, 2.75) is 12.8 Å². The first-order valence-corrected chi connectivity index (χ1v) is 5.03. The minimum atomic E-state index is 0.0247. The minimum absolute atomic E-state index is 0.0247. The zero-order valence-electron chi connectivity index (χ0n) is 8.40. The van der Waals surface area contributed by atoms with Crippen LogP contribution in [-0.4, -0.2) is 12.3 Å². The lowest BCUT2D eigenvalue weighted by Crippen LogP contribution is -2.03. The lowest BCUT2D eigenvalue weighted by molar-refractivity contribution is 0.0956. The Morgan fingerprint density at radius 3 is 2.87 bits per heavy atom. The van der Waals surface area contributed by atoms with E-state index in [0.29, 0.717) is 25.1 Å². The molecule has 2 aromatic rings. The van der Waals surface area contributed by atoms with Crippen LogP contribution in [0.25, 0.3) is 11.0 Å². The van der Waals surface area contributed by atoms with Gasteiger partial charge in [0.1, 0.15) is 5.58 Å².